The van der Waals surface area contributed by atoms with Crippen molar-refractivity contribution in [3.63, 3.8) is 0 Å². The van der Waals surface area contributed by atoms with Gasteiger partial charge in [0.15, 0.2) is 0 Å². The van der Waals surface area contributed by atoms with E-state index in [1.165, 1.54) is 42.7 Å². The molecule has 3 rings (SSSR count). The molecule has 0 aliphatic carbocycles. The Morgan fingerprint density at radius 3 is 2.95 bits per heavy atom. The maximum atomic E-state index is 5.97. The molecule has 1 fully saturated rings. The van der Waals surface area contributed by atoms with Crippen molar-refractivity contribution in [2.45, 2.75) is 54.8 Å². The molecule has 0 aromatic heterocycles. The van der Waals surface area contributed by atoms with Crippen LogP contribution >= 0.6 is 11.8 Å². The van der Waals surface area contributed by atoms with Gasteiger partial charge in [-0.2, -0.15) is 0 Å². The third kappa shape index (κ3) is 2.83. The molecule has 2 aliphatic rings. The van der Waals surface area contributed by atoms with Crippen LogP contribution in [0.3, 0.4) is 0 Å². The van der Waals surface area contributed by atoms with Crippen LogP contribution in [0.25, 0.3) is 0 Å². The summed E-state index contributed by atoms with van der Waals surface area (Å²) in [6, 6.07) is 10.2. The first kappa shape index (κ1) is 13.5. The molecule has 2 aliphatic heterocycles. The Labute approximate surface area is 120 Å². The lowest BCUT2D eigenvalue weighted by atomic mass is 9.95. The van der Waals surface area contributed by atoms with E-state index >= 15 is 0 Å². The van der Waals surface area contributed by atoms with Gasteiger partial charge in [-0.3, -0.25) is 4.90 Å². The van der Waals surface area contributed by atoms with Crippen LogP contribution in [-0.2, 0) is 6.42 Å². The monoisotopic (exact) mass is 276 g/mol. The zero-order chi connectivity index (χ0) is 13.2. The molecule has 19 heavy (non-hydrogen) atoms. The predicted octanol–water partition coefficient (Wildman–Crippen LogP) is 2.91. The molecule has 2 heterocycles. The standard InChI is InChI=1S/C16H24N2S/c1-12-5-4-7-14(10-17)18(12)11-15-9-13-6-2-3-8-16(13)19-15/h2-3,6,8,12,14-15H,4-5,7,9-11,17H2,1H3. The lowest BCUT2D eigenvalue weighted by Gasteiger charge is -2.41. The number of benzene rings is 1. The van der Waals surface area contributed by atoms with Crippen molar-refractivity contribution in [2.75, 3.05) is 13.1 Å². The number of piperidine rings is 1. The number of hydrogen-bond acceptors (Lipinski definition) is 3. The summed E-state index contributed by atoms with van der Waals surface area (Å²) >= 11 is 2.06. The lowest BCUT2D eigenvalue weighted by Crippen LogP contribution is -2.51. The van der Waals surface area contributed by atoms with E-state index in [1.807, 2.05) is 0 Å². The minimum atomic E-state index is 0.605. The van der Waals surface area contributed by atoms with Gasteiger partial charge in [0.1, 0.15) is 0 Å². The molecule has 1 aromatic rings. The summed E-state index contributed by atoms with van der Waals surface area (Å²) in [6.07, 6.45) is 5.19. The lowest BCUT2D eigenvalue weighted by molar-refractivity contribution is 0.0982. The van der Waals surface area contributed by atoms with Crippen molar-refractivity contribution in [1.29, 1.82) is 0 Å². The zero-order valence-corrected chi connectivity index (χ0v) is 12.5. The summed E-state index contributed by atoms with van der Waals surface area (Å²) in [4.78, 5) is 4.16. The Balaban J connectivity index is 1.65. The average Bonchev–Trinajstić information content (AvgIpc) is 2.83. The second-order valence-corrected chi connectivity index (χ2v) is 7.26. The molecule has 104 valence electrons. The number of nitrogens with zero attached hydrogens (tertiary/aromatic N) is 1. The second-order valence-electron chi connectivity index (χ2n) is 5.92. The fraction of sp³-hybridized carbons (Fsp3) is 0.625. The highest BCUT2D eigenvalue weighted by molar-refractivity contribution is 8.00. The highest BCUT2D eigenvalue weighted by atomic mass is 32.2. The van der Waals surface area contributed by atoms with E-state index in [1.54, 1.807) is 0 Å². The normalized spacial score (nSPS) is 31.4. The largest absolute Gasteiger partial charge is 0.329 e. The van der Waals surface area contributed by atoms with Gasteiger partial charge >= 0.3 is 0 Å². The van der Waals surface area contributed by atoms with Crippen molar-refractivity contribution in [3.8, 4) is 0 Å². The number of hydrogen-bond donors (Lipinski definition) is 1. The molecule has 3 atom stereocenters. The highest BCUT2D eigenvalue weighted by Gasteiger charge is 2.31. The van der Waals surface area contributed by atoms with Gasteiger partial charge in [-0.05, 0) is 37.8 Å². The minimum absolute atomic E-state index is 0.605. The Kier molecular flexibility index (Phi) is 4.15. The van der Waals surface area contributed by atoms with E-state index in [-0.39, 0.29) is 0 Å². The van der Waals surface area contributed by atoms with Crippen molar-refractivity contribution in [2.24, 2.45) is 5.73 Å². The third-order valence-corrected chi connectivity index (χ3v) is 5.90. The summed E-state index contributed by atoms with van der Waals surface area (Å²) in [5.74, 6) is 0. The summed E-state index contributed by atoms with van der Waals surface area (Å²) in [7, 11) is 0. The smallest absolute Gasteiger partial charge is 0.0263 e. The van der Waals surface area contributed by atoms with Crippen molar-refractivity contribution in [1.82, 2.24) is 4.90 Å². The highest BCUT2D eigenvalue weighted by Crippen LogP contribution is 2.38. The van der Waals surface area contributed by atoms with Gasteiger partial charge in [-0.15, -0.1) is 11.8 Å². The zero-order valence-electron chi connectivity index (χ0n) is 11.7. The van der Waals surface area contributed by atoms with Crippen molar-refractivity contribution >= 4 is 11.8 Å². The van der Waals surface area contributed by atoms with Gasteiger partial charge in [0.25, 0.3) is 0 Å². The average molecular weight is 276 g/mol. The Morgan fingerprint density at radius 1 is 1.32 bits per heavy atom. The first-order valence-electron chi connectivity index (χ1n) is 7.48. The Morgan fingerprint density at radius 2 is 2.16 bits per heavy atom. The summed E-state index contributed by atoms with van der Waals surface area (Å²) in [6.45, 7) is 4.38. The summed E-state index contributed by atoms with van der Waals surface area (Å²) in [5, 5.41) is 0.715. The van der Waals surface area contributed by atoms with Crippen LogP contribution in [-0.4, -0.2) is 35.3 Å². The fourth-order valence-corrected chi connectivity index (χ4v) is 4.84. The molecule has 0 radical (unpaired) electrons. The number of nitrogens with two attached hydrogens (primary N) is 1. The quantitative estimate of drug-likeness (QED) is 0.920. The van der Waals surface area contributed by atoms with Gasteiger partial charge in [0.2, 0.25) is 0 Å². The second kappa shape index (κ2) is 5.86. The van der Waals surface area contributed by atoms with Crippen LogP contribution in [0, 0.1) is 0 Å². The summed E-state index contributed by atoms with van der Waals surface area (Å²) in [5.41, 5.74) is 7.50. The van der Waals surface area contributed by atoms with E-state index in [2.05, 4.69) is 47.9 Å². The molecule has 0 amide bonds. The van der Waals surface area contributed by atoms with E-state index in [9.17, 15) is 0 Å². The molecule has 2 N–H and O–H groups in total. The van der Waals surface area contributed by atoms with E-state index in [4.69, 9.17) is 5.73 Å². The molecule has 1 aromatic carbocycles. The maximum absolute atomic E-state index is 5.97. The number of rotatable bonds is 3. The number of likely N-dealkylation sites (tertiary alicyclic amines) is 1. The van der Waals surface area contributed by atoms with E-state index in [0.717, 1.165) is 6.54 Å². The van der Waals surface area contributed by atoms with Crippen LogP contribution in [0.15, 0.2) is 29.2 Å². The van der Waals surface area contributed by atoms with E-state index in [0.29, 0.717) is 17.3 Å². The van der Waals surface area contributed by atoms with Gasteiger partial charge in [-0.25, -0.2) is 0 Å². The van der Waals surface area contributed by atoms with Gasteiger partial charge < -0.3 is 5.73 Å². The summed E-state index contributed by atoms with van der Waals surface area (Å²) < 4.78 is 0. The van der Waals surface area contributed by atoms with Gasteiger partial charge in [0, 0.05) is 35.3 Å². The van der Waals surface area contributed by atoms with Crippen LogP contribution in [0.1, 0.15) is 31.7 Å². The first-order valence-corrected chi connectivity index (χ1v) is 8.36. The van der Waals surface area contributed by atoms with Crippen LogP contribution in [0.5, 0.6) is 0 Å². The molecule has 1 saturated heterocycles. The van der Waals surface area contributed by atoms with Gasteiger partial charge in [-0.1, -0.05) is 24.6 Å². The molecule has 0 bridgehead atoms. The molecule has 2 nitrogen and oxygen atoms in total. The molecular weight excluding hydrogens is 252 g/mol. The topological polar surface area (TPSA) is 29.3 Å². The van der Waals surface area contributed by atoms with E-state index < -0.39 is 0 Å². The Bertz CT molecular complexity index is 410. The Hall–Kier alpha value is -0.510. The number of fused-ring (bicyclic) bond motifs is 1. The molecule has 0 spiro atoms. The SMILES string of the molecule is CC1CCCC(CN)N1CC1Cc2ccccc2S1. The van der Waals surface area contributed by atoms with Crippen LogP contribution in [0.4, 0.5) is 0 Å². The number of thioether (sulfide) groups is 1. The maximum Gasteiger partial charge on any atom is 0.0263 e. The van der Waals surface area contributed by atoms with Crippen LogP contribution in [0.2, 0.25) is 0 Å². The minimum Gasteiger partial charge on any atom is -0.329 e. The van der Waals surface area contributed by atoms with Crippen molar-refractivity contribution < 1.29 is 0 Å². The van der Waals surface area contributed by atoms with Crippen molar-refractivity contribution in [3.05, 3.63) is 29.8 Å². The predicted molar refractivity (Wildman–Crippen MR) is 82.7 cm³/mol. The molecular formula is C16H24N2S. The molecule has 0 saturated carbocycles. The first-order chi connectivity index (χ1) is 9.28. The van der Waals surface area contributed by atoms with Crippen LogP contribution < -0.4 is 5.73 Å². The van der Waals surface area contributed by atoms with Gasteiger partial charge in [0.05, 0.1) is 0 Å². The molecule has 3 heteroatoms. The fourth-order valence-electron chi connectivity index (χ4n) is 3.51. The molecule has 3 unspecified atom stereocenters. The third-order valence-electron chi connectivity index (χ3n) is 4.59.